The van der Waals surface area contributed by atoms with Gasteiger partial charge in [0, 0.05) is 6.04 Å². The lowest BCUT2D eigenvalue weighted by atomic mass is 10.0. The minimum absolute atomic E-state index is 0.132. The summed E-state index contributed by atoms with van der Waals surface area (Å²) in [5.74, 6) is 0.363. The maximum absolute atomic E-state index is 11.8. The fraction of sp³-hybridized carbons (Fsp3) is 0.615. The molecule has 1 atom stereocenters. The van der Waals surface area contributed by atoms with Crippen LogP contribution in [0.1, 0.15) is 27.2 Å². The van der Waals surface area contributed by atoms with Crippen molar-refractivity contribution < 1.29 is 4.79 Å². The topological polar surface area (TPSA) is 20.3 Å². The van der Waals surface area contributed by atoms with E-state index in [1.165, 1.54) is 0 Å². The largest absolute Gasteiger partial charge is 0.293 e. The van der Waals surface area contributed by atoms with Crippen LogP contribution in [0.15, 0.2) is 24.8 Å². The highest BCUT2D eigenvalue weighted by Crippen LogP contribution is 2.10. The summed E-state index contributed by atoms with van der Waals surface area (Å²) in [5.41, 5.74) is 0.709. The average molecular weight is 209 g/mol. The van der Waals surface area contributed by atoms with Gasteiger partial charge in [-0.05, 0) is 25.0 Å². The van der Waals surface area contributed by atoms with Crippen molar-refractivity contribution in [3.8, 4) is 0 Å². The number of hydrogen-bond acceptors (Lipinski definition) is 2. The fourth-order valence-electron chi connectivity index (χ4n) is 1.43. The Morgan fingerprint density at radius 3 is 2.33 bits per heavy atom. The molecule has 0 saturated heterocycles. The van der Waals surface area contributed by atoms with Gasteiger partial charge < -0.3 is 0 Å². The van der Waals surface area contributed by atoms with Crippen LogP contribution in [-0.4, -0.2) is 30.3 Å². The Kier molecular flexibility index (Phi) is 6.18. The van der Waals surface area contributed by atoms with Crippen LogP contribution in [-0.2, 0) is 4.79 Å². The van der Waals surface area contributed by atoms with Crippen molar-refractivity contribution in [3.63, 3.8) is 0 Å². The molecule has 0 bridgehead atoms. The first-order valence-electron chi connectivity index (χ1n) is 5.48. The lowest BCUT2D eigenvalue weighted by Crippen LogP contribution is -2.35. The summed E-state index contributed by atoms with van der Waals surface area (Å²) < 4.78 is 0. The lowest BCUT2D eigenvalue weighted by molar-refractivity contribution is -0.117. The highest BCUT2D eigenvalue weighted by Gasteiger charge is 2.16. The van der Waals surface area contributed by atoms with Crippen LogP contribution in [0.25, 0.3) is 0 Å². The van der Waals surface area contributed by atoms with E-state index in [-0.39, 0.29) is 17.7 Å². The number of likely N-dealkylation sites (N-methyl/N-ethyl adjacent to an activating group) is 1. The van der Waals surface area contributed by atoms with E-state index in [0.717, 1.165) is 6.42 Å². The Bertz CT molecular complexity index is 243. The molecule has 0 rings (SSSR count). The predicted octanol–water partition coefficient (Wildman–Crippen LogP) is 2.66. The fourth-order valence-corrected chi connectivity index (χ4v) is 1.43. The zero-order valence-electron chi connectivity index (χ0n) is 10.4. The molecule has 0 aliphatic carbocycles. The summed E-state index contributed by atoms with van der Waals surface area (Å²) in [7, 11) is 1.95. The highest BCUT2D eigenvalue weighted by atomic mass is 16.1. The molecule has 0 aromatic carbocycles. The molecule has 0 aliphatic heterocycles. The Morgan fingerprint density at radius 1 is 1.47 bits per heavy atom. The highest BCUT2D eigenvalue weighted by molar-refractivity contribution is 5.96. The molecule has 0 aromatic heterocycles. The van der Waals surface area contributed by atoms with E-state index in [9.17, 15) is 4.79 Å². The Hall–Kier alpha value is -0.890. The van der Waals surface area contributed by atoms with Crippen LogP contribution in [0.5, 0.6) is 0 Å². The molecule has 15 heavy (non-hydrogen) atoms. The SMILES string of the molecule is C=C[C@@H](CC)N(C)CC(=O)C(=C)C(C)C. The van der Waals surface area contributed by atoms with E-state index in [1.807, 2.05) is 31.9 Å². The second-order valence-electron chi connectivity index (χ2n) is 4.23. The molecule has 0 spiro atoms. The van der Waals surface area contributed by atoms with Gasteiger partial charge in [0.15, 0.2) is 5.78 Å². The zero-order chi connectivity index (χ0) is 12.0. The molecule has 0 saturated carbocycles. The van der Waals surface area contributed by atoms with Crippen LogP contribution in [0.3, 0.4) is 0 Å². The molecule has 2 nitrogen and oxygen atoms in total. The van der Waals surface area contributed by atoms with Crippen molar-refractivity contribution in [1.29, 1.82) is 0 Å². The number of ketones is 1. The Balaban J connectivity index is 4.29. The monoisotopic (exact) mass is 209 g/mol. The van der Waals surface area contributed by atoms with E-state index >= 15 is 0 Å². The minimum atomic E-state index is 0.132. The van der Waals surface area contributed by atoms with Gasteiger partial charge in [-0.25, -0.2) is 0 Å². The van der Waals surface area contributed by atoms with Crippen molar-refractivity contribution in [2.45, 2.75) is 33.2 Å². The maximum Gasteiger partial charge on any atom is 0.172 e. The van der Waals surface area contributed by atoms with E-state index in [0.29, 0.717) is 12.1 Å². The van der Waals surface area contributed by atoms with Crippen LogP contribution in [0, 0.1) is 5.92 Å². The Morgan fingerprint density at radius 2 is 2.00 bits per heavy atom. The summed E-state index contributed by atoms with van der Waals surface area (Å²) >= 11 is 0. The van der Waals surface area contributed by atoms with Gasteiger partial charge in [0.2, 0.25) is 0 Å². The van der Waals surface area contributed by atoms with Gasteiger partial charge in [-0.3, -0.25) is 9.69 Å². The molecule has 0 radical (unpaired) electrons. The predicted molar refractivity (Wildman–Crippen MR) is 65.9 cm³/mol. The van der Waals surface area contributed by atoms with Crippen molar-refractivity contribution >= 4 is 5.78 Å². The number of Topliss-reactive ketones (excluding diaryl/α,β-unsaturated/α-hetero) is 1. The van der Waals surface area contributed by atoms with Crippen molar-refractivity contribution in [2.24, 2.45) is 5.92 Å². The van der Waals surface area contributed by atoms with Gasteiger partial charge in [-0.15, -0.1) is 6.58 Å². The first kappa shape index (κ1) is 14.1. The minimum Gasteiger partial charge on any atom is -0.293 e. The third kappa shape index (κ3) is 4.43. The van der Waals surface area contributed by atoms with Crippen LogP contribution < -0.4 is 0 Å². The number of carbonyl (C=O) groups excluding carboxylic acids is 1. The van der Waals surface area contributed by atoms with E-state index in [2.05, 4.69) is 20.1 Å². The number of carbonyl (C=O) groups is 1. The standard InChI is InChI=1S/C13H23NO/c1-7-12(8-2)14(6)9-13(15)11(5)10(3)4/h7,10,12H,1,5,8-9H2,2-4,6H3/t12-/m0/s1. The molecule has 2 heteroatoms. The van der Waals surface area contributed by atoms with Crippen molar-refractivity contribution in [1.82, 2.24) is 4.90 Å². The van der Waals surface area contributed by atoms with E-state index < -0.39 is 0 Å². The van der Waals surface area contributed by atoms with E-state index in [1.54, 1.807) is 0 Å². The number of nitrogens with zero attached hydrogens (tertiary/aromatic N) is 1. The smallest absolute Gasteiger partial charge is 0.172 e. The van der Waals surface area contributed by atoms with Gasteiger partial charge in [0.1, 0.15) is 0 Å². The second kappa shape index (κ2) is 6.57. The Labute approximate surface area is 93.7 Å². The number of rotatable bonds is 7. The second-order valence-corrected chi connectivity index (χ2v) is 4.23. The van der Waals surface area contributed by atoms with Crippen molar-refractivity contribution in [2.75, 3.05) is 13.6 Å². The molecule has 0 N–H and O–H groups in total. The maximum atomic E-state index is 11.8. The van der Waals surface area contributed by atoms with Crippen LogP contribution in [0.2, 0.25) is 0 Å². The molecule has 0 amide bonds. The summed E-state index contributed by atoms with van der Waals surface area (Å²) in [5, 5.41) is 0. The van der Waals surface area contributed by atoms with Gasteiger partial charge in [-0.2, -0.15) is 0 Å². The summed E-state index contributed by atoms with van der Waals surface area (Å²) in [4.78, 5) is 13.8. The van der Waals surface area contributed by atoms with Crippen LogP contribution >= 0.6 is 0 Å². The molecular weight excluding hydrogens is 186 g/mol. The van der Waals surface area contributed by atoms with Gasteiger partial charge >= 0.3 is 0 Å². The first-order valence-corrected chi connectivity index (χ1v) is 5.48. The van der Waals surface area contributed by atoms with Gasteiger partial charge in [0.05, 0.1) is 6.54 Å². The first-order chi connectivity index (χ1) is 6.93. The summed E-state index contributed by atoms with van der Waals surface area (Å²) in [6.45, 7) is 14.1. The van der Waals surface area contributed by atoms with Crippen molar-refractivity contribution in [3.05, 3.63) is 24.8 Å². The van der Waals surface area contributed by atoms with Gasteiger partial charge in [-0.1, -0.05) is 33.4 Å². The van der Waals surface area contributed by atoms with Gasteiger partial charge in [0.25, 0.3) is 0 Å². The zero-order valence-corrected chi connectivity index (χ0v) is 10.4. The third-order valence-electron chi connectivity index (χ3n) is 2.70. The molecule has 0 heterocycles. The molecule has 0 aromatic rings. The third-order valence-corrected chi connectivity index (χ3v) is 2.70. The quantitative estimate of drug-likeness (QED) is 0.474. The molecule has 0 unspecified atom stereocenters. The molecule has 86 valence electrons. The lowest BCUT2D eigenvalue weighted by Gasteiger charge is -2.24. The summed E-state index contributed by atoms with van der Waals surface area (Å²) in [6, 6.07) is 0.272. The average Bonchev–Trinajstić information content (AvgIpc) is 2.18. The molecule has 0 fully saturated rings. The summed E-state index contributed by atoms with van der Waals surface area (Å²) in [6.07, 6.45) is 2.85. The molecule has 0 aliphatic rings. The van der Waals surface area contributed by atoms with E-state index in [4.69, 9.17) is 0 Å². The number of hydrogen-bond donors (Lipinski definition) is 0. The molecular formula is C13H23NO. The normalized spacial score (nSPS) is 12.9. The van der Waals surface area contributed by atoms with Crippen LogP contribution in [0.4, 0.5) is 0 Å².